The monoisotopic (exact) mass is 433 g/mol. The molecule has 27 heavy (non-hydrogen) atoms. The minimum atomic E-state index is -0.440. The summed E-state index contributed by atoms with van der Waals surface area (Å²) in [7, 11) is 1.34. The molecule has 144 valence electrons. The largest absolute Gasteiger partial charge is 0.494 e. The van der Waals surface area contributed by atoms with Gasteiger partial charge < -0.3 is 14.8 Å². The van der Waals surface area contributed by atoms with E-state index in [9.17, 15) is 9.59 Å². The van der Waals surface area contributed by atoms with Gasteiger partial charge in [0.15, 0.2) is 0 Å². The molecule has 2 aromatic rings. The van der Waals surface area contributed by atoms with Gasteiger partial charge in [0.25, 0.3) is 0 Å². The van der Waals surface area contributed by atoms with Crippen LogP contribution in [0.2, 0.25) is 0 Å². The molecule has 5 nitrogen and oxygen atoms in total. The van der Waals surface area contributed by atoms with Crippen molar-refractivity contribution in [3.05, 3.63) is 64.1 Å². The van der Waals surface area contributed by atoms with Crippen molar-refractivity contribution in [1.82, 2.24) is 5.32 Å². The zero-order valence-electron chi connectivity index (χ0n) is 15.5. The lowest BCUT2D eigenvalue weighted by atomic mass is 10.0. The van der Waals surface area contributed by atoms with Crippen LogP contribution in [0.1, 0.15) is 36.9 Å². The molecule has 0 saturated carbocycles. The second kappa shape index (κ2) is 10.7. The average molecular weight is 434 g/mol. The van der Waals surface area contributed by atoms with Gasteiger partial charge in [-0.15, -0.1) is 0 Å². The first kappa shape index (κ1) is 21.0. The van der Waals surface area contributed by atoms with Crippen LogP contribution in [0.25, 0.3) is 0 Å². The molecule has 1 amide bonds. The molecule has 0 radical (unpaired) electrons. The number of ether oxygens (including phenoxy) is 2. The second-order valence-corrected chi connectivity index (χ2v) is 6.91. The molecule has 1 atom stereocenters. The molecule has 0 fully saturated rings. The molecule has 0 heterocycles. The Balaban J connectivity index is 2.04. The molecule has 2 rings (SSSR count). The highest BCUT2D eigenvalue weighted by atomic mass is 79.9. The maximum absolute atomic E-state index is 12.5. The molecule has 1 N–H and O–H groups in total. The van der Waals surface area contributed by atoms with E-state index < -0.39 is 6.04 Å². The maximum Gasteiger partial charge on any atom is 0.307 e. The smallest absolute Gasteiger partial charge is 0.307 e. The van der Waals surface area contributed by atoms with Crippen LogP contribution in [-0.4, -0.2) is 25.6 Å². The fraction of sp³-hybridized carbons (Fsp3) is 0.333. The van der Waals surface area contributed by atoms with E-state index in [1.165, 1.54) is 7.11 Å². The topological polar surface area (TPSA) is 64.6 Å². The Bertz CT molecular complexity index is 778. The van der Waals surface area contributed by atoms with Gasteiger partial charge >= 0.3 is 5.97 Å². The Labute approximate surface area is 168 Å². The van der Waals surface area contributed by atoms with E-state index in [0.29, 0.717) is 19.4 Å². The van der Waals surface area contributed by atoms with E-state index >= 15 is 0 Å². The summed E-state index contributed by atoms with van der Waals surface area (Å²) in [6.07, 6.45) is 0.940. The molecule has 0 aliphatic heterocycles. The van der Waals surface area contributed by atoms with Crippen LogP contribution >= 0.6 is 15.9 Å². The second-order valence-electron chi connectivity index (χ2n) is 6.00. The standard InChI is InChI=1S/C21H24BrNO4/c1-3-27-19-10-5-4-7-15(19)11-12-20(24)23-18(14-21(25)26-2)16-8-6-9-17(22)13-16/h4-10,13,18H,3,11-12,14H2,1-2H3,(H,23,24). The molecule has 2 aromatic carbocycles. The zero-order chi connectivity index (χ0) is 19.6. The van der Waals surface area contributed by atoms with Crippen molar-refractivity contribution in [2.24, 2.45) is 0 Å². The SMILES string of the molecule is CCOc1ccccc1CCC(=O)NC(CC(=O)OC)c1cccc(Br)c1. The molecule has 0 aliphatic rings. The lowest BCUT2D eigenvalue weighted by Crippen LogP contribution is -2.30. The summed E-state index contributed by atoms with van der Waals surface area (Å²) in [5, 5.41) is 2.95. The number of halogens is 1. The summed E-state index contributed by atoms with van der Waals surface area (Å²) in [4.78, 5) is 24.3. The predicted octanol–water partition coefficient (Wildman–Crippen LogP) is 4.20. The quantitative estimate of drug-likeness (QED) is 0.601. The number of hydrogen-bond acceptors (Lipinski definition) is 4. The number of para-hydroxylation sites is 1. The van der Waals surface area contributed by atoms with Crippen molar-refractivity contribution in [1.29, 1.82) is 0 Å². The van der Waals surface area contributed by atoms with Crippen LogP contribution in [-0.2, 0) is 20.7 Å². The van der Waals surface area contributed by atoms with Gasteiger partial charge in [-0.25, -0.2) is 0 Å². The molecular weight excluding hydrogens is 410 g/mol. The van der Waals surface area contributed by atoms with Crippen molar-refractivity contribution in [2.45, 2.75) is 32.2 Å². The zero-order valence-corrected chi connectivity index (χ0v) is 17.1. The van der Waals surface area contributed by atoms with Crippen molar-refractivity contribution in [3.63, 3.8) is 0 Å². The van der Waals surface area contributed by atoms with Gasteiger partial charge in [-0.2, -0.15) is 0 Å². The number of methoxy groups -OCH3 is 1. The summed E-state index contributed by atoms with van der Waals surface area (Å²) >= 11 is 3.42. The maximum atomic E-state index is 12.5. The highest BCUT2D eigenvalue weighted by Crippen LogP contribution is 2.23. The number of esters is 1. The summed E-state index contributed by atoms with van der Waals surface area (Å²) in [5.74, 6) is 0.294. The number of hydrogen-bond donors (Lipinski definition) is 1. The summed E-state index contributed by atoms with van der Waals surface area (Å²) in [5.41, 5.74) is 1.83. The Morgan fingerprint density at radius 2 is 1.93 bits per heavy atom. The van der Waals surface area contributed by atoms with Gasteiger partial charge in [0, 0.05) is 10.9 Å². The van der Waals surface area contributed by atoms with Crippen molar-refractivity contribution in [3.8, 4) is 5.75 Å². The highest BCUT2D eigenvalue weighted by Gasteiger charge is 2.19. The number of amides is 1. The third kappa shape index (κ3) is 6.71. The van der Waals surface area contributed by atoms with Crippen LogP contribution in [0.5, 0.6) is 5.75 Å². The first-order valence-corrected chi connectivity index (χ1v) is 9.65. The molecule has 1 unspecified atom stereocenters. The molecule has 0 saturated heterocycles. The van der Waals surface area contributed by atoms with Gasteiger partial charge in [0.1, 0.15) is 5.75 Å². The Kier molecular flexibility index (Phi) is 8.33. The molecule has 0 aromatic heterocycles. The average Bonchev–Trinajstić information content (AvgIpc) is 2.67. The lowest BCUT2D eigenvalue weighted by molar-refractivity contribution is -0.141. The number of rotatable bonds is 9. The molecule has 6 heteroatoms. The van der Waals surface area contributed by atoms with Gasteiger partial charge in [0.05, 0.1) is 26.2 Å². The first-order valence-electron chi connectivity index (χ1n) is 8.85. The first-order chi connectivity index (χ1) is 13.0. The van der Waals surface area contributed by atoms with Gasteiger partial charge in [0.2, 0.25) is 5.91 Å². The summed E-state index contributed by atoms with van der Waals surface area (Å²) in [6.45, 7) is 2.51. The van der Waals surface area contributed by atoms with E-state index in [2.05, 4.69) is 21.2 Å². The van der Waals surface area contributed by atoms with E-state index in [4.69, 9.17) is 9.47 Å². The van der Waals surface area contributed by atoms with Crippen LogP contribution in [0.15, 0.2) is 53.0 Å². The summed E-state index contributed by atoms with van der Waals surface area (Å²) in [6, 6.07) is 14.8. The fourth-order valence-corrected chi connectivity index (χ4v) is 3.16. The fourth-order valence-electron chi connectivity index (χ4n) is 2.75. The van der Waals surface area contributed by atoms with Crippen LogP contribution < -0.4 is 10.1 Å². The van der Waals surface area contributed by atoms with Gasteiger partial charge in [-0.1, -0.05) is 46.3 Å². The van der Waals surface area contributed by atoms with Crippen LogP contribution in [0.3, 0.4) is 0 Å². The van der Waals surface area contributed by atoms with E-state index in [0.717, 1.165) is 21.3 Å². The van der Waals surface area contributed by atoms with Gasteiger partial charge in [-0.05, 0) is 42.7 Å². The van der Waals surface area contributed by atoms with E-state index in [-0.39, 0.29) is 18.3 Å². The van der Waals surface area contributed by atoms with Crippen LogP contribution in [0, 0.1) is 0 Å². The third-order valence-electron chi connectivity index (χ3n) is 4.08. The number of carbonyl (C=O) groups excluding carboxylic acids is 2. The lowest BCUT2D eigenvalue weighted by Gasteiger charge is -2.19. The van der Waals surface area contributed by atoms with E-state index in [1.54, 1.807) is 0 Å². The van der Waals surface area contributed by atoms with Crippen molar-refractivity contribution in [2.75, 3.05) is 13.7 Å². The number of benzene rings is 2. The van der Waals surface area contributed by atoms with Crippen molar-refractivity contribution < 1.29 is 19.1 Å². The highest BCUT2D eigenvalue weighted by molar-refractivity contribution is 9.10. The van der Waals surface area contributed by atoms with Gasteiger partial charge in [-0.3, -0.25) is 9.59 Å². The van der Waals surface area contributed by atoms with E-state index in [1.807, 2.05) is 55.5 Å². The summed E-state index contributed by atoms with van der Waals surface area (Å²) < 4.78 is 11.3. The molecule has 0 spiro atoms. The minimum absolute atomic E-state index is 0.0776. The molecule has 0 bridgehead atoms. The molecular formula is C21H24BrNO4. The Morgan fingerprint density at radius 1 is 1.15 bits per heavy atom. The van der Waals surface area contributed by atoms with Crippen molar-refractivity contribution >= 4 is 27.8 Å². The van der Waals surface area contributed by atoms with Crippen LogP contribution in [0.4, 0.5) is 0 Å². The Hall–Kier alpha value is -2.34. The minimum Gasteiger partial charge on any atom is -0.494 e. The molecule has 0 aliphatic carbocycles. The number of aryl methyl sites for hydroxylation is 1. The third-order valence-corrected chi connectivity index (χ3v) is 4.57. The number of nitrogens with one attached hydrogen (secondary N) is 1. The Morgan fingerprint density at radius 3 is 2.63 bits per heavy atom. The normalized spacial score (nSPS) is 11.5. The number of carbonyl (C=O) groups is 2. The predicted molar refractivity (Wildman–Crippen MR) is 108 cm³/mol.